The molecular formula is C10H14Cl2N2O. The lowest BCUT2D eigenvalue weighted by Crippen LogP contribution is -2.34. The Bertz CT molecular complexity index is 331. The van der Waals surface area contributed by atoms with Crippen LogP contribution in [-0.2, 0) is 0 Å². The van der Waals surface area contributed by atoms with Crippen LogP contribution in [-0.4, -0.2) is 30.8 Å². The summed E-state index contributed by atoms with van der Waals surface area (Å²) in [7, 11) is 3.71. The van der Waals surface area contributed by atoms with Crippen LogP contribution in [0.4, 0.5) is 0 Å². The van der Waals surface area contributed by atoms with Gasteiger partial charge in [-0.3, -0.25) is 10.4 Å². The maximum absolute atomic E-state index is 9.84. The van der Waals surface area contributed by atoms with Crippen molar-refractivity contribution < 1.29 is 5.11 Å². The van der Waals surface area contributed by atoms with Crippen LogP contribution in [0.5, 0.6) is 0 Å². The van der Waals surface area contributed by atoms with E-state index in [4.69, 9.17) is 23.2 Å². The van der Waals surface area contributed by atoms with Crippen LogP contribution in [0.15, 0.2) is 18.2 Å². The number of aliphatic hydroxyl groups excluding tert-OH is 1. The molecule has 0 bridgehead atoms. The second-order valence-corrected chi connectivity index (χ2v) is 4.28. The highest BCUT2D eigenvalue weighted by atomic mass is 35.5. The third kappa shape index (κ3) is 3.97. The van der Waals surface area contributed by atoms with E-state index in [9.17, 15) is 5.11 Å². The predicted molar refractivity (Wildman–Crippen MR) is 63.1 cm³/mol. The van der Waals surface area contributed by atoms with E-state index in [1.807, 2.05) is 14.1 Å². The third-order valence-corrected chi connectivity index (χ3v) is 2.50. The van der Waals surface area contributed by atoms with E-state index >= 15 is 0 Å². The molecule has 1 atom stereocenters. The first kappa shape index (κ1) is 12.7. The molecule has 0 aliphatic carbocycles. The molecule has 0 spiro atoms. The Morgan fingerprint density at radius 1 is 1.40 bits per heavy atom. The molecule has 84 valence electrons. The van der Waals surface area contributed by atoms with Gasteiger partial charge in [0.25, 0.3) is 0 Å². The topological polar surface area (TPSA) is 35.5 Å². The van der Waals surface area contributed by atoms with E-state index in [0.717, 1.165) is 0 Å². The van der Waals surface area contributed by atoms with Crippen molar-refractivity contribution in [1.82, 2.24) is 10.4 Å². The van der Waals surface area contributed by atoms with Gasteiger partial charge in [0.05, 0.1) is 6.10 Å². The number of nitrogens with one attached hydrogen (secondary N) is 1. The second kappa shape index (κ2) is 5.68. The van der Waals surface area contributed by atoms with Crippen LogP contribution in [0.1, 0.15) is 11.7 Å². The number of benzene rings is 1. The van der Waals surface area contributed by atoms with Gasteiger partial charge in [0, 0.05) is 36.2 Å². The molecule has 1 rings (SSSR count). The van der Waals surface area contributed by atoms with Gasteiger partial charge in [0.2, 0.25) is 0 Å². The zero-order chi connectivity index (χ0) is 11.4. The molecule has 0 radical (unpaired) electrons. The number of nitrogens with zero attached hydrogens (tertiary/aromatic N) is 1. The zero-order valence-corrected chi connectivity index (χ0v) is 10.2. The first-order valence-corrected chi connectivity index (χ1v) is 5.30. The van der Waals surface area contributed by atoms with E-state index in [2.05, 4.69) is 5.43 Å². The molecule has 0 aliphatic rings. The summed E-state index contributed by atoms with van der Waals surface area (Å²) >= 11 is 11.8. The minimum absolute atomic E-state index is 0.396. The van der Waals surface area contributed by atoms with Crippen LogP contribution < -0.4 is 5.43 Å². The lowest BCUT2D eigenvalue weighted by Gasteiger charge is -2.17. The number of aliphatic hydroxyl groups is 1. The Kier molecular flexibility index (Phi) is 4.83. The van der Waals surface area contributed by atoms with Gasteiger partial charge in [-0.05, 0) is 18.2 Å². The molecule has 0 saturated heterocycles. The van der Waals surface area contributed by atoms with Gasteiger partial charge in [0.15, 0.2) is 0 Å². The average molecular weight is 249 g/mol. The van der Waals surface area contributed by atoms with Gasteiger partial charge < -0.3 is 5.11 Å². The maximum Gasteiger partial charge on any atom is 0.0943 e. The quantitative estimate of drug-likeness (QED) is 0.802. The summed E-state index contributed by atoms with van der Waals surface area (Å²) in [6, 6.07) is 5.05. The minimum Gasteiger partial charge on any atom is -0.387 e. The van der Waals surface area contributed by atoms with Crippen molar-refractivity contribution in [3.05, 3.63) is 33.8 Å². The van der Waals surface area contributed by atoms with Crippen molar-refractivity contribution in [2.45, 2.75) is 6.10 Å². The van der Waals surface area contributed by atoms with E-state index in [1.54, 1.807) is 23.2 Å². The first-order chi connectivity index (χ1) is 7.00. The summed E-state index contributed by atoms with van der Waals surface area (Å²) in [5.74, 6) is 0. The van der Waals surface area contributed by atoms with Crippen molar-refractivity contribution >= 4 is 23.2 Å². The Hall–Kier alpha value is -0.320. The monoisotopic (exact) mass is 248 g/mol. The van der Waals surface area contributed by atoms with Gasteiger partial charge in [-0.1, -0.05) is 23.2 Å². The van der Waals surface area contributed by atoms with Crippen molar-refractivity contribution in [3.63, 3.8) is 0 Å². The number of hydrogen-bond donors (Lipinski definition) is 2. The summed E-state index contributed by atoms with van der Waals surface area (Å²) in [6.45, 7) is 0.396. The highest BCUT2D eigenvalue weighted by Crippen LogP contribution is 2.25. The van der Waals surface area contributed by atoms with Crippen LogP contribution in [0, 0.1) is 0 Å². The summed E-state index contributed by atoms with van der Waals surface area (Å²) in [5.41, 5.74) is 3.61. The highest BCUT2D eigenvalue weighted by Gasteiger charge is 2.11. The van der Waals surface area contributed by atoms with Crippen molar-refractivity contribution in [2.24, 2.45) is 0 Å². The third-order valence-electron chi connectivity index (χ3n) is 1.92. The normalized spacial score (nSPS) is 13.2. The van der Waals surface area contributed by atoms with E-state index < -0.39 is 6.10 Å². The number of rotatable bonds is 4. The van der Waals surface area contributed by atoms with Gasteiger partial charge in [-0.25, -0.2) is 0 Å². The molecular weight excluding hydrogens is 235 g/mol. The lowest BCUT2D eigenvalue weighted by atomic mass is 10.1. The predicted octanol–water partition coefficient (Wildman–Crippen LogP) is 2.09. The largest absolute Gasteiger partial charge is 0.387 e. The average Bonchev–Trinajstić information content (AvgIpc) is 2.18. The van der Waals surface area contributed by atoms with Crippen molar-refractivity contribution in [3.8, 4) is 0 Å². The van der Waals surface area contributed by atoms with E-state index in [-0.39, 0.29) is 0 Å². The summed E-state index contributed by atoms with van der Waals surface area (Å²) in [6.07, 6.45) is -0.668. The molecule has 0 heterocycles. The molecule has 5 heteroatoms. The molecule has 0 aromatic heterocycles. The Morgan fingerprint density at radius 3 is 2.67 bits per heavy atom. The van der Waals surface area contributed by atoms with E-state index in [1.165, 1.54) is 0 Å². The van der Waals surface area contributed by atoms with Crippen LogP contribution in [0.3, 0.4) is 0 Å². The zero-order valence-electron chi connectivity index (χ0n) is 8.67. The molecule has 0 fully saturated rings. The molecule has 1 aromatic carbocycles. The molecule has 2 N–H and O–H groups in total. The maximum atomic E-state index is 9.84. The van der Waals surface area contributed by atoms with Gasteiger partial charge in [-0.15, -0.1) is 0 Å². The second-order valence-electron chi connectivity index (χ2n) is 3.44. The molecule has 1 unspecified atom stereocenters. The Labute approximate surface area is 99.6 Å². The number of hydrogen-bond acceptors (Lipinski definition) is 3. The first-order valence-electron chi connectivity index (χ1n) is 4.54. The fraction of sp³-hybridized carbons (Fsp3) is 0.400. The standard InChI is InChI=1S/C10H14Cl2N2O/c1-14(2)13-6-10(15)8-5-7(11)3-4-9(8)12/h3-5,10,13,15H,6H2,1-2H3. The van der Waals surface area contributed by atoms with E-state index in [0.29, 0.717) is 22.2 Å². The Morgan fingerprint density at radius 2 is 2.07 bits per heavy atom. The summed E-state index contributed by atoms with van der Waals surface area (Å²) in [4.78, 5) is 0. The molecule has 0 aliphatic heterocycles. The smallest absolute Gasteiger partial charge is 0.0943 e. The van der Waals surface area contributed by atoms with Gasteiger partial charge in [0.1, 0.15) is 0 Å². The molecule has 1 aromatic rings. The molecule has 3 nitrogen and oxygen atoms in total. The highest BCUT2D eigenvalue weighted by molar-refractivity contribution is 6.33. The summed E-state index contributed by atoms with van der Waals surface area (Å²) in [5, 5.41) is 12.7. The lowest BCUT2D eigenvalue weighted by molar-refractivity contribution is 0.141. The van der Waals surface area contributed by atoms with Crippen LogP contribution in [0.25, 0.3) is 0 Å². The SMILES string of the molecule is CN(C)NCC(O)c1cc(Cl)ccc1Cl. The molecule has 0 amide bonds. The fourth-order valence-electron chi connectivity index (χ4n) is 1.15. The van der Waals surface area contributed by atoms with Gasteiger partial charge >= 0.3 is 0 Å². The summed E-state index contributed by atoms with van der Waals surface area (Å²) < 4.78 is 0. The van der Waals surface area contributed by atoms with Crippen molar-refractivity contribution in [2.75, 3.05) is 20.6 Å². The molecule has 15 heavy (non-hydrogen) atoms. The minimum atomic E-state index is -0.668. The molecule has 0 saturated carbocycles. The Balaban J connectivity index is 2.72. The van der Waals surface area contributed by atoms with Crippen LogP contribution in [0.2, 0.25) is 10.0 Å². The van der Waals surface area contributed by atoms with Gasteiger partial charge in [-0.2, -0.15) is 0 Å². The number of halogens is 2. The fourth-order valence-corrected chi connectivity index (χ4v) is 1.57. The van der Waals surface area contributed by atoms with Crippen molar-refractivity contribution in [1.29, 1.82) is 0 Å². The van der Waals surface area contributed by atoms with Crippen LogP contribution >= 0.6 is 23.2 Å². The number of hydrazine groups is 1.